The molecule has 3 heteroatoms. The molecule has 2 N–H and O–H groups in total. The number of aromatic nitrogens is 1. The van der Waals surface area contributed by atoms with Gasteiger partial charge < -0.3 is 5.73 Å². The van der Waals surface area contributed by atoms with Crippen molar-refractivity contribution in [3.8, 4) is 0 Å². The highest BCUT2D eigenvalue weighted by Gasteiger charge is 2.11. The number of pyridine rings is 1. The molecule has 0 unspecified atom stereocenters. The second-order valence-electron chi connectivity index (χ2n) is 3.39. The molecule has 13 heavy (non-hydrogen) atoms. The van der Waals surface area contributed by atoms with E-state index in [1.165, 1.54) is 0 Å². The molecule has 0 fully saturated rings. The van der Waals surface area contributed by atoms with Crippen LogP contribution in [-0.2, 0) is 0 Å². The maximum absolute atomic E-state index is 11.0. The zero-order chi connectivity index (χ0) is 10.0. The van der Waals surface area contributed by atoms with Crippen molar-refractivity contribution in [2.24, 2.45) is 5.73 Å². The topological polar surface area (TPSA) is 56.0 Å². The number of nitrogens with zero attached hydrogens (tertiary/aromatic N) is 1. The van der Waals surface area contributed by atoms with Crippen LogP contribution >= 0.6 is 0 Å². The van der Waals surface area contributed by atoms with Crippen LogP contribution in [0.4, 0.5) is 0 Å². The minimum absolute atomic E-state index is 0.319. The van der Waals surface area contributed by atoms with Gasteiger partial charge in [-0.05, 0) is 24.5 Å². The number of amides is 1. The Morgan fingerprint density at radius 2 is 2.15 bits per heavy atom. The van der Waals surface area contributed by atoms with Crippen LogP contribution < -0.4 is 5.73 Å². The van der Waals surface area contributed by atoms with Crippen LogP contribution in [0, 0.1) is 6.92 Å². The second-order valence-corrected chi connectivity index (χ2v) is 3.39. The van der Waals surface area contributed by atoms with Crippen LogP contribution in [0.2, 0.25) is 0 Å². The van der Waals surface area contributed by atoms with Crippen molar-refractivity contribution in [2.45, 2.75) is 26.7 Å². The van der Waals surface area contributed by atoms with Gasteiger partial charge in [0.2, 0.25) is 5.91 Å². The molecule has 0 spiro atoms. The van der Waals surface area contributed by atoms with Crippen LogP contribution in [0.25, 0.3) is 0 Å². The molecule has 0 aliphatic carbocycles. The lowest BCUT2D eigenvalue weighted by molar-refractivity contribution is 0.0999. The summed E-state index contributed by atoms with van der Waals surface area (Å²) in [5, 5.41) is 0. The van der Waals surface area contributed by atoms with Gasteiger partial charge in [-0.1, -0.05) is 13.8 Å². The van der Waals surface area contributed by atoms with E-state index in [2.05, 4.69) is 4.98 Å². The molecule has 1 heterocycles. The fourth-order valence-electron chi connectivity index (χ4n) is 1.40. The van der Waals surface area contributed by atoms with Gasteiger partial charge in [-0.15, -0.1) is 0 Å². The monoisotopic (exact) mass is 178 g/mol. The third kappa shape index (κ3) is 1.86. The third-order valence-electron chi connectivity index (χ3n) is 2.06. The number of rotatable bonds is 2. The molecule has 0 saturated carbocycles. The molecule has 70 valence electrons. The average Bonchev–Trinajstić information content (AvgIpc) is 2.03. The lowest BCUT2D eigenvalue weighted by Crippen LogP contribution is -2.14. The maximum atomic E-state index is 11.0. The van der Waals surface area contributed by atoms with Crippen molar-refractivity contribution in [1.29, 1.82) is 0 Å². The highest BCUT2D eigenvalue weighted by Crippen LogP contribution is 2.18. The van der Waals surface area contributed by atoms with Crippen molar-refractivity contribution >= 4 is 5.91 Å². The van der Waals surface area contributed by atoms with E-state index in [1.54, 1.807) is 12.3 Å². The van der Waals surface area contributed by atoms with Crippen molar-refractivity contribution in [3.05, 3.63) is 29.1 Å². The first-order valence-corrected chi connectivity index (χ1v) is 4.29. The first kappa shape index (κ1) is 9.71. The van der Waals surface area contributed by atoms with Gasteiger partial charge in [-0.2, -0.15) is 0 Å². The largest absolute Gasteiger partial charge is 0.366 e. The van der Waals surface area contributed by atoms with Crippen LogP contribution in [0.15, 0.2) is 12.3 Å². The first-order valence-electron chi connectivity index (χ1n) is 4.29. The first-order chi connectivity index (χ1) is 6.04. The number of primary amides is 1. The van der Waals surface area contributed by atoms with Crippen LogP contribution in [0.1, 0.15) is 41.4 Å². The number of nitrogens with two attached hydrogens (primary N) is 1. The van der Waals surface area contributed by atoms with E-state index in [0.29, 0.717) is 11.5 Å². The summed E-state index contributed by atoms with van der Waals surface area (Å²) in [6.45, 7) is 5.96. The molecule has 1 amide bonds. The summed E-state index contributed by atoms with van der Waals surface area (Å²) in [7, 11) is 0. The smallest absolute Gasteiger partial charge is 0.249 e. The second kappa shape index (κ2) is 3.56. The molecule has 1 aromatic rings. The van der Waals surface area contributed by atoms with Gasteiger partial charge in [0.05, 0.1) is 0 Å². The van der Waals surface area contributed by atoms with Crippen LogP contribution in [-0.4, -0.2) is 10.9 Å². The van der Waals surface area contributed by atoms with E-state index in [9.17, 15) is 4.79 Å². The van der Waals surface area contributed by atoms with Gasteiger partial charge in [-0.25, -0.2) is 0 Å². The molecule has 1 aromatic heterocycles. The van der Waals surface area contributed by atoms with Gasteiger partial charge in [-0.3, -0.25) is 9.78 Å². The zero-order valence-electron chi connectivity index (χ0n) is 8.16. The van der Waals surface area contributed by atoms with E-state index in [-0.39, 0.29) is 5.91 Å². The fourth-order valence-corrected chi connectivity index (χ4v) is 1.40. The Bertz CT molecular complexity index is 332. The van der Waals surface area contributed by atoms with E-state index >= 15 is 0 Å². The standard InChI is InChI=1S/C10H14N2O/c1-6(2)9-7(3)8(10(11)13)4-5-12-9/h4-6H,1-3H3,(H2,11,13). The van der Waals surface area contributed by atoms with E-state index in [1.807, 2.05) is 20.8 Å². The predicted molar refractivity (Wildman–Crippen MR) is 51.6 cm³/mol. The fraction of sp³-hybridized carbons (Fsp3) is 0.400. The number of carbonyl (C=O) groups excluding carboxylic acids is 1. The minimum atomic E-state index is -0.387. The lowest BCUT2D eigenvalue weighted by Gasteiger charge is -2.10. The minimum Gasteiger partial charge on any atom is -0.366 e. The van der Waals surface area contributed by atoms with Crippen molar-refractivity contribution in [3.63, 3.8) is 0 Å². The molecular weight excluding hydrogens is 164 g/mol. The molecule has 0 aliphatic heterocycles. The summed E-state index contributed by atoms with van der Waals surface area (Å²) >= 11 is 0. The molecule has 3 nitrogen and oxygen atoms in total. The molecule has 0 aromatic carbocycles. The van der Waals surface area contributed by atoms with Crippen LogP contribution in [0.5, 0.6) is 0 Å². The number of carbonyl (C=O) groups is 1. The number of hydrogen-bond donors (Lipinski definition) is 1. The van der Waals surface area contributed by atoms with Crippen molar-refractivity contribution in [1.82, 2.24) is 4.98 Å². The average molecular weight is 178 g/mol. The van der Waals surface area contributed by atoms with Gasteiger partial charge >= 0.3 is 0 Å². The zero-order valence-corrected chi connectivity index (χ0v) is 8.16. The Kier molecular flexibility index (Phi) is 2.66. The SMILES string of the molecule is Cc1c(C(N)=O)ccnc1C(C)C. The van der Waals surface area contributed by atoms with Crippen LogP contribution in [0.3, 0.4) is 0 Å². The normalized spacial score (nSPS) is 10.5. The van der Waals surface area contributed by atoms with Crippen molar-refractivity contribution < 1.29 is 4.79 Å². The Morgan fingerprint density at radius 3 is 2.62 bits per heavy atom. The predicted octanol–water partition coefficient (Wildman–Crippen LogP) is 1.61. The van der Waals surface area contributed by atoms with Crippen molar-refractivity contribution in [2.75, 3.05) is 0 Å². The van der Waals surface area contributed by atoms with Gasteiger partial charge in [0.1, 0.15) is 0 Å². The third-order valence-corrected chi connectivity index (χ3v) is 2.06. The highest BCUT2D eigenvalue weighted by atomic mass is 16.1. The number of hydrogen-bond acceptors (Lipinski definition) is 2. The van der Waals surface area contributed by atoms with Gasteiger partial charge in [0.15, 0.2) is 0 Å². The highest BCUT2D eigenvalue weighted by molar-refractivity contribution is 5.94. The summed E-state index contributed by atoms with van der Waals surface area (Å²) in [4.78, 5) is 15.2. The molecule has 0 bridgehead atoms. The Balaban J connectivity index is 3.26. The summed E-state index contributed by atoms with van der Waals surface area (Å²) < 4.78 is 0. The van der Waals surface area contributed by atoms with E-state index < -0.39 is 0 Å². The molecular formula is C10H14N2O. The maximum Gasteiger partial charge on any atom is 0.249 e. The summed E-state index contributed by atoms with van der Waals surface area (Å²) in [5.41, 5.74) is 7.62. The van der Waals surface area contributed by atoms with Gasteiger partial charge in [0, 0.05) is 17.5 Å². The molecule has 0 atom stereocenters. The van der Waals surface area contributed by atoms with Gasteiger partial charge in [0.25, 0.3) is 0 Å². The Hall–Kier alpha value is -1.38. The lowest BCUT2D eigenvalue weighted by atomic mass is 10.0. The Labute approximate surface area is 78.0 Å². The Morgan fingerprint density at radius 1 is 1.54 bits per heavy atom. The van der Waals surface area contributed by atoms with E-state index in [0.717, 1.165) is 11.3 Å². The summed E-state index contributed by atoms with van der Waals surface area (Å²) in [5.74, 6) is -0.0684. The molecule has 0 radical (unpaired) electrons. The quantitative estimate of drug-likeness (QED) is 0.748. The molecule has 1 rings (SSSR count). The van der Waals surface area contributed by atoms with E-state index in [4.69, 9.17) is 5.73 Å². The summed E-state index contributed by atoms with van der Waals surface area (Å²) in [6, 6.07) is 1.66. The molecule has 0 aliphatic rings. The molecule has 0 saturated heterocycles. The summed E-state index contributed by atoms with van der Waals surface area (Å²) in [6.07, 6.45) is 1.63.